The number of fused-ring (bicyclic) bond motifs is 1. The zero-order valence-electron chi connectivity index (χ0n) is 12.7. The molecule has 0 spiro atoms. The number of nitrogens with zero attached hydrogens (tertiary/aromatic N) is 3. The van der Waals surface area contributed by atoms with Crippen molar-refractivity contribution in [3.63, 3.8) is 0 Å². The van der Waals surface area contributed by atoms with Crippen LogP contribution < -0.4 is 5.32 Å². The molecule has 114 valence electrons. The monoisotopic (exact) mass is 297 g/mol. The summed E-state index contributed by atoms with van der Waals surface area (Å²) in [5, 5.41) is 11.9. The van der Waals surface area contributed by atoms with Crippen LogP contribution in [0.4, 0.5) is 0 Å². The summed E-state index contributed by atoms with van der Waals surface area (Å²) >= 11 is 0. The quantitative estimate of drug-likeness (QED) is 0.758. The van der Waals surface area contributed by atoms with Crippen molar-refractivity contribution >= 4 is 16.8 Å². The molecule has 1 aromatic carbocycles. The Morgan fingerprint density at radius 2 is 2.18 bits per heavy atom. The number of carbonyl (C=O) groups excluding carboxylic acids is 1. The lowest BCUT2D eigenvalue weighted by atomic mass is 10.0. The van der Waals surface area contributed by atoms with Crippen LogP contribution in [-0.2, 0) is 6.54 Å². The summed E-state index contributed by atoms with van der Waals surface area (Å²) in [6, 6.07) is 9.71. The molecule has 0 aliphatic carbocycles. The van der Waals surface area contributed by atoms with E-state index in [-0.39, 0.29) is 17.9 Å². The van der Waals surface area contributed by atoms with Gasteiger partial charge < -0.3 is 10.3 Å². The van der Waals surface area contributed by atoms with Gasteiger partial charge in [0.2, 0.25) is 0 Å². The normalized spacial score (nSPS) is 12.7. The van der Waals surface area contributed by atoms with Crippen molar-refractivity contribution in [2.45, 2.75) is 26.4 Å². The predicted molar refractivity (Wildman–Crippen MR) is 84.4 cm³/mol. The molecule has 22 heavy (non-hydrogen) atoms. The van der Waals surface area contributed by atoms with Crippen LogP contribution in [0, 0.1) is 5.92 Å². The van der Waals surface area contributed by atoms with Gasteiger partial charge in [-0.3, -0.25) is 9.48 Å². The molecule has 0 saturated heterocycles. The highest BCUT2D eigenvalue weighted by Crippen LogP contribution is 2.15. The molecule has 0 aliphatic rings. The summed E-state index contributed by atoms with van der Waals surface area (Å²) in [7, 11) is 0. The minimum Gasteiger partial charge on any atom is -0.351 e. The first-order valence-electron chi connectivity index (χ1n) is 7.36. The molecule has 0 saturated carbocycles. The molecule has 2 heterocycles. The van der Waals surface area contributed by atoms with E-state index in [0.29, 0.717) is 12.2 Å². The van der Waals surface area contributed by atoms with Crippen molar-refractivity contribution in [3.8, 4) is 0 Å². The van der Waals surface area contributed by atoms with Crippen molar-refractivity contribution in [2.75, 3.05) is 0 Å². The van der Waals surface area contributed by atoms with Gasteiger partial charge in [0, 0.05) is 17.1 Å². The van der Waals surface area contributed by atoms with Gasteiger partial charge in [-0.25, -0.2) is 0 Å². The molecule has 6 nitrogen and oxygen atoms in total. The Balaban J connectivity index is 1.75. The van der Waals surface area contributed by atoms with E-state index >= 15 is 0 Å². The second-order valence-corrected chi connectivity index (χ2v) is 5.72. The van der Waals surface area contributed by atoms with Crippen LogP contribution in [0.3, 0.4) is 0 Å². The van der Waals surface area contributed by atoms with Crippen molar-refractivity contribution in [1.29, 1.82) is 0 Å². The summed E-state index contributed by atoms with van der Waals surface area (Å²) in [4.78, 5) is 15.6. The second-order valence-electron chi connectivity index (χ2n) is 5.72. The van der Waals surface area contributed by atoms with E-state index in [2.05, 4.69) is 34.5 Å². The number of rotatable bonds is 5. The van der Waals surface area contributed by atoms with Gasteiger partial charge in [0.05, 0.1) is 18.8 Å². The highest BCUT2D eigenvalue weighted by atomic mass is 16.2. The van der Waals surface area contributed by atoms with Crippen LogP contribution in [0.2, 0.25) is 0 Å². The van der Waals surface area contributed by atoms with Gasteiger partial charge in [-0.2, -0.15) is 0 Å². The first-order chi connectivity index (χ1) is 10.6. The Kier molecular flexibility index (Phi) is 3.91. The number of H-pyrrole nitrogens is 1. The van der Waals surface area contributed by atoms with Gasteiger partial charge >= 0.3 is 0 Å². The molecule has 6 heteroatoms. The van der Waals surface area contributed by atoms with Gasteiger partial charge in [-0.1, -0.05) is 37.3 Å². The minimum absolute atomic E-state index is 0.0133. The minimum atomic E-state index is -0.102. The molecule has 1 unspecified atom stereocenters. The molecule has 0 radical (unpaired) electrons. The molecule has 0 fully saturated rings. The molecule has 3 rings (SSSR count). The average molecular weight is 297 g/mol. The molecular weight excluding hydrogens is 278 g/mol. The Morgan fingerprint density at radius 3 is 2.86 bits per heavy atom. The second kappa shape index (κ2) is 6.01. The Labute approximate surface area is 128 Å². The molecule has 1 amide bonds. The average Bonchev–Trinajstić information content (AvgIpc) is 3.15. The number of nitrogens with one attached hydrogen (secondary N) is 2. The van der Waals surface area contributed by atoms with E-state index < -0.39 is 0 Å². The standard InChI is InChI=1S/C16H19N5O/c1-11(2)15(10-21-8-7-17-20-21)19-16(22)14-9-12-5-3-4-6-13(12)18-14/h3-9,11,15,18H,10H2,1-2H3,(H,19,22). The lowest BCUT2D eigenvalue weighted by molar-refractivity contribution is 0.0915. The number of para-hydroxylation sites is 1. The number of benzene rings is 1. The van der Waals surface area contributed by atoms with Crippen LogP contribution in [0.25, 0.3) is 10.9 Å². The molecule has 0 bridgehead atoms. The van der Waals surface area contributed by atoms with E-state index in [4.69, 9.17) is 0 Å². The molecule has 0 aliphatic heterocycles. The topological polar surface area (TPSA) is 75.6 Å². The summed E-state index contributed by atoms with van der Waals surface area (Å²) in [5.41, 5.74) is 1.54. The van der Waals surface area contributed by atoms with Crippen molar-refractivity contribution < 1.29 is 4.79 Å². The van der Waals surface area contributed by atoms with Gasteiger partial charge in [-0.05, 0) is 18.1 Å². The fraction of sp³-hybridized carbons (Fsp3) is 0.312. The summed E-state index contributed by atoms with van der Waals surface area (Å²) in [5.74, 6) is 0.188. The van der Waals surface area contributed by atoms with Crippen LogP contribution in [0.5, 0.6) is 0 Å². The first-order valence-corrected chi connectivity index (χ1v) is 7.36. The summed E-state index contributed by atoms with van der Waals surface area (Å²) < 4.78 is 1.73. The van der Waals surface area contributed by atoms with E-state index in [9.17, 15) is 4.79 Å². The zero-order chi connectivity index (χ0) is 15.5. The number of hydrogen-bond acceptors (Lipinski definition) is 3. The summed E-state index contributed by atoms with van der Waals surface area (Å²) in [6.07, 6.45) is 3.43. The third kappa shape index (κ3) is 3.00. The third-order valence-electron chi connectivity index (χ3n) is 3.75. The largest absolute Gasteiger partial charge is 0.351 e. The SMILES string of the molecule is CC(C)C(Cn1ccnn1)NC(=O)c1cc2ccccc2[nH]1. The van der Waals surface area contributed by atoms with Crippen LogP contribution >= 0.6 is 0 Å². The number of aromatic amines is 1. The fourth-order valence-corrected chi connectivity index (χ4v) is 2.40. The Morgan fingerprint density at radius 1 is 1.36 bits per heavy atom. The predicted octanol–water partition coefficient (Wildman–Crippen LogP) is 2.21. The maximum absolute atomic E-state index is 12.5. The van der Waals surface area contributed by atoms with E-state index in [1.54, 1.807) is 17.1 Å². The van der Waals surface area contributed by atoms with Crippen molar-refractivity contribution in [1.82, 2.24) is 25.3 Å². The number of carbonyl (C=O) groups is 1. The highest BCUT2D eigenvalue weighted by Gasteiger charge is 2.19. The lowest BCUT2D eigenvalue weighted by Gasteiger charge is -2.21. The van der Waals surface area contributed by atoms with Gasteiger partial charge in [-0.15, -0.1) is 5.10 Å². The number of hydrogen-bond donors (Lipinski definition) is 2. The lowest BCUT2D eigenvalue weighted by Crippen LogP contribution is -2.41. The molecule has 3 aromatic rings. The Hall–Kier alpha value is -2.63. The molecule has 2 N–H and O–H groups in total. The smallest absolute Gasteiger partial charge is 0.268 e. The number of amides is 1. The molecular formula is C16H19N5O. The summed E-state index contributed by atoms with van der Waals surface area (Å²) in [6.45, 7) is 4.75. The van der Waals surface area contributed by atoms with Crippen molar-refractivity contribution in [2.24, 2.45) is 5.92 Å². The van der Waals surface area contributed by atoms with E-state index in [1.165, 1.54) is 0 Å². The number of aromatic nitrogens is 4. The van der Waals surface area contributed by atoms with Gasteiger partial charge in [0.1, 0.15) is 5.69 Å². The Bertz CT molecular complexity index is 727. The molecule has 1 atom stereocenters. The van der Waals surface area contributed by atoms with E-state index in [1.807, 2.05) is 30.3 Å². The van der Waals surface area contributed by atoms with Crippen molar-refractivity contribution in [3.05, 3.63) is 48.4 Å². The van der Waals surface area contributed by atoms with Gasteiger partial charge in [0.25, 0.3) is 5.91 Å². The van der Waals surface area contributed by atoms with Crippen LogP contribution in [0.15, 0.2) is 42.7 Å². The van der Waals surface area contributed by atoms with Crippen LogP contribution in [0.1, 0.15) is 24.3 Å². The first kappa shape index (κ1) is 14.3. The highest BCUT2D eigenvalue weighted by molar-refractivity contribution is 5.98. The van der Waals surface area contributed by atoms with Crippen LogP contribution in [-0.4, -0.2) is 31.9 Å². The maximum atomic E-state index is 12.5. The van der Waals surface area contributed by atoms with E-state index in [0.717, 1.165) is 10.9 Å². The fourth-order valence-electron chi connectivity index (χ4n) is 2.40. The van der Waals surface area contributed by atoms with Gasteiger partial charge in [0.15, 0.2) is 0 Å². The maximum Gasteiger partial charge on any atom is 0.268 e. The third-order valence-corrected chi connectivity index (χ3v) is 3.75. The zero-order valence-corrected chi connectivity index (χ0v) is 12.7. The molecule has 2 aromatic heterocycles.